The van der Waals surface area contributed by atoms with Crippen LogP contribution in [0.25, 0.3) is 5.65 Å². The molecule has 0 unspecified atom stereocenters. The van der Waals surface area contributed by atoms with Crippen molar-refractivity contribution in [1.82, 2.24) is 14.6 Å². The van der Waals surface area contributed by atoms with Gasteiger partial charge in [-0.25, -0.2) is 9.50 Å². The van der Waals surface area contributed by atoms with Gasteiger partial charge in [0.25, 0.3) is 0 Å². The van der Waals surface area contributed by atoms with Gasteiger partial charge in [-0.15, -0.1) is 0 Å². The SMILES string of the molecule is CC(C)(C)c1cc(C#N)cn2ncnc12. The van der Waals surface area contributed by atoms with Crippen LogP contribution in [0, 0.1) is 11.3 Å². The first kappa shape index (κ1) is 9.66. The molecular weight excluding hydrogens is 188 g/mol. The maximum atomic E-state index is 8.91. The second-order valence-corrected chi connectivity index (χ2v) is 4.53. The van der Waals surface area contributed by atoms with E-state index in [1.54, 1.807) is 10.7 Å². The van der Waals surface area contributed by atoms with E-state index in [0.717, 1.165) is 11.2 Å². The van der Waals surface area contributed by atoms with Crippen LogP contribution in [0.2, 0.25) is 0 Å². The average molecular weight is 200 g/mol. The first-order valence-corrected chi connectivity index (χ1v) is 4.76. The van der Waals surface area contributed by atoms with E-state index in [1.165, 1.54) is 6.33 Å². The van der Waals surface area contributed by atoms with Gasteiger partial charge in [0.15, 0.2) is 5.65 Å². The summed E-state index contributed by atoms with van der Waals surface area (Å²) >= 11 is 0. The highest BCUT2D eigenvalue weighted by Gasteiger charge is 2.19. The summed E-state index contributed by atoms with van der Waals surface area (Å²) in [5.41, 5.74) is 2.43. The highest BCUT2D eigenvalue weighted by atomic mass is 15.3. The number of pyridine rings is 1. The van der Waals surface area contributed by atoms with Crippen LogP contribution in [0.1, 0.15) is 31.9 Å². The van der Waals surface area contributed by atoms with Crippen molar-refractivity contribution >= 4 is 5.65 Å². The first-order chi connectivity index (χ1) is 7.02. The number of nitriles is 1. The molecule has 76 valence electrons. The summed E-state index contributed by atoms with van der Waals surface area (Å²) < 4.78 is 1.65. The van der Waals surface area contributed by atoms with E-state index in [0.29, 0.717) is 5.56 Å². The molecule has 0 saturated carbocycles. The van der Waals surface area contributed by atoms with E-state index in [1.807, 2.05) is 6.07 Å². The lowest BCUT2D eigenvalue weighted by Gasteiger charge is -2.19. The van der Waals surface area contributed by atoms with Crippen LogP contribution in [-0.4, -0.2) is 14.6 Å². The Hall–Kier alpha value is -1.89. The summed E-state index contributed by atoms with van der Waals surface area (Å²) in [6.45, 7) is 6.29. The molecule has 0 radical (unpaired) electrons. The molecular formula is C11H12N4. The lowest BCUT2D eigenvalue weighted by atomic mass is 9.87. The zero-order valence-electron chi connectivity index (χ0n) is 9.02. The van der Waals surface area contributed by atoms with E-state index in [9.17, 15) is 0 Å². The Morgan fingerprint density at radius 3 is 2.73 bits per heavy atom. The highest BCUT2D eigenvalue weighted by Crippen LogP contribution is 2.26. The minimum atomic E-state index is -0.0405. The Balaban J connectivity index is 2.82. The van der Waals surface area contributed by atoms with Gasteiger partial charge in [0.05, 0.1) is 5.56 Å². The number of hydrogen-bond acceptors (Lipinski definition) is 3. The summed E-state index contributed by atoms with van der Waals surface area (Å²) in [5, 5.41) is 13.0. The van der Waals surface area contributed by atoms with Gasteiger partial charge >= 0.3 is 0 Å². The van der Waals surface area contributed by atoms with Crippen LogP contribution in [-0.2, 0) is 5.41 Å². The van der Waals surface area contributed by atoms with Gasteiger partial charge in [0, 0.05) is 11.8 Å². The Labute approximate surface area is 88.2 Å². The summed E-state index contributed by atoms with van der Waals surface area (Å²) in [7, 11) is 0. The third-order valence-electron chi connectivity index (χ3n) is 2.31. The number of fused-ring (bicyclic) bond motifs is 1. The Kier molecular flexibility index (Phi) is 1.97. The lowest BCUT2D eigenvalue weighted by Crippen LogP contribution is -2.13. The van der Waals surface area contributed by atoms with E-state index >= 15 is 0 Å². The quantitative estimate of drug-likeness (QED) is 0.652. The number of hydrogen-bond donors (Lipinski definition) is 0. The van der Waals surface area contributed by atoms with Crippen LogP contribution in [0.15, 0.2) is 18.6 Å². The largest absolute Gasteiger partial charge is 0.220 e. The second-order valence-electron chi connectivity index (χ2n) is 4.53. The molecule has 2 aromatic rings. The van der Waals surface area contributed by atoms with Gasteiger partial charge in [0.1, 0.15) is 12.4 Å². The monoisotopic (exact) mass is 200 g/mol. The predicted molar refractivity (Wildman–Crippen MR) is 56.4 cm³/mol. The zero-order chi connectivity index (χ0) is 11.1. The minimum absolute atomic E-state index is 0.0405. The molecule has 0 aliphatic heterocycles. The van der Waals surface area contributed by atoms with Gasteiger partial charge in [-0.3, -0.25) is 0 Å². The van der Waals surface area contributed by atoms with E-state index in [4.69, 9.17) is 5.26 Å². The molecule has 0 bridgehead atoms. The van der Waals surface area contributed by atoms with Crippen molar-refractivity contribution < 1.29 is 0 Å². The summed E-state index contributed by atoms with van der Waals surface area (Å²) in [4.78, 5) is 4.20. The molecule has 2 aromatic heterocycles. The summed E-state index contributed by atoms with van der Waals surface area (Å²) in [6.07, 6.45) is 3.20. The Morgan fingerprint density at radius 1 is 1.40 bits per heavy atom. The van der Waals surface area contributed by atoms with Crippen LogP contribution in [0.4, 0.5) is 0 Å². The Morgan fingerprint density at radius 2 is 2.13 bits per heavy atom. The van der Waals surface area contributed by atoms with Crippen LogP contribution in [0.5, 0.6) is 0 Å². The molecule has 0 saturated heterocycles. The third kappa shape index (κ3) is 1.57. The van der Waals surface area contributed by atoms with Crippen molar-refractivity contribution in [3.63, 3.8) is 0 Å². The zero-order valence-corrected chi connectivity index (χ0v) is 9.02. The molecule has 15 heavy (non-hydrogen) atoms. The van der Waals surface area contributed by atoms with Crippen LogP contribution < -0.4 is 0 Å². The first-order valence-electron chi connectivity index (χ1n) is 4.76. The summed E-state index contributed by atoms with van der Waals surface area (Å²) in [5.74, 6) is 0. The van der Waals surface area contributed by atoms with E-state index in [-0.39, 0.29) is 5.41 Å². The van der Waals surface area contributed by atoms with Gasteiger partial charge < -0.3 is 0 Å². The molecule has 2 heterocycles. The van der Waals surface area contributed by atoms with Crippen molar-refractivity contribution in [2.45, 2.75) is 26.2 Å². The lowest BCUT2D eigenvalue weighted by molar-refractivity contribution is 0.590. The van der Waals surface area contributed by atoms with E-state index in [2.05, 4.69) is 36.9 Å². The molecule has 0 fully saturated rings. The molecule has 2 rings (SSSR count). The smallest absolute Gasteiger partial charge is 0.159 e. The minimum Gasteiger partial charge on any atom is -0.220 e. The van der Waals surface area contributed by atoms with Crippen LogP contribution >= 0.6 is 0 Å². The molecule has 0 aromatic carbocycles. The van der Waals surface area contributed by atoms with Gasteiger partial charge in [-0.2, -0.15) is 10.4 Å². The maximum Gasteiger partial charge on any atom is 0.159 e. The van der Waals surface area contributed by atoms with Crippen LogP contribution in [0.3, 0.4) is 0 Å². The third-order valence-corrected chi connectivity index (χ3v) is 2.31. The topological polar surface area (TPSA) is 54.0 Å². The van der Waals surface area contributed by atoms with Gasteiger partial charge in [-0.05, 0) is 11.5 Å². The molecule has 0 N–H and O–H groups in total. The predicted octanol–water partition coefficient (Wildman–Crippen LogP) is 1.90. The second kappa shape index (κ2) is 3.06. The number of aromatic nitrogens is 3. The molecule has 4 nitrogen and oxygen atoms in total. The van der Waals surface area contributed by atoms with Crippen molar-refractivity contribution in [1.29, 1.82) is 5.26 Å². The average Bonchev–Trinajstić information content (AvgIpc) is 2.61. The highest BCUT2D eigenvalue weighted by molar-refractivity contribution is 5.53. The number of nitrogens with zero attached hydrogens (tertiary/aromatic N) is 4. The normalized spacial score (nSPS) is 11.6. The fourth-order valence-corrected chi connectivity index (χ4v) is 1.54. The molecule has 4 heteroatoms. The summed E-state index contributed by atoms with van der Waals surface area (Å²) in [6, 6.07) is 4.01. The molecule has 0 aliphatic rings. The van der Waals surface area contributed by atoms with Gasteiger partial charge in [0.2, 0.25) is 0 Å². The maximum absolute atomic E-state index is 8.91. The Bertz CT molecular complexity index is 540. The molecule has 0 aliphatic carbocycles. The van der Waals surface area contributed by atoms with Crippen molar-refractivity contribution in [2.24, 2.45) is 0 Å². The van der Waals surface area contributed by atoms with Crippen molar-refractivity contribution in [3.8, 4) is 6.07 Å². The number of rotatable bonds is 0. The molecule has 0 atom stereocenters. The fourth-order valence-electron chi connectivity index (χ4n) is 1.54. The standard InChI is InChI=1S/C11H12N4/c1-11(2,3)9-4-8(5-12)6-15-10(9)13-7-14-15/h4,6-7H,1-3H3. The fraction of sp³-hybridized carbons (Fsp3) is 0.364. The molecule has 0 amide bonds. The van der Waals surface area contributed by atoms with Gasteiger partial charge in [-0.1, -0.05) is 20.8 Å². The van der Waals surface area contributed by atoms with Crippen molar-refractivity contribution in [2.75, 3.05) is 0 Å². The van der Waals surface area contributed by atoms with E-state index < -0.39 is 0 Å². The molecule has 0 spiro atoms. The van der Waals surface area contributed by atoms with Crippen molar-refractivity contribution in [3.05, 3.63) is 29.7 Å².